The summed E-state index contributed by atoms with van der Waals surface area (Å²) in [5.41, 5.74) is 0.589. The van der Waals surface area contributed by atoms with E-state index in [-0.39, 0.29) is 18.2 Å². The van der Waals surface area contributed by atoms with Gasteiger partial charge in [-0.3, -0.25) is 0 Å². The number of hydrogen-bond donors (Lipinski definition) is 1. The van der Waals surface area contributed by atoms with E-state index >= 15 is 0 Å². The molecule has 1 aromatic heterocycles. The van der Waals surface area contributed by atoms with Crippen molar-refractivity contribution >= 4 is 19.9 Å². The lowest BCUT2D eigenvalue weighted by molar-refractivity contribution is 0.393. The van der Waals surface area contributed by atoms with Gasteiger partial charge in [0.15, 0.2) is 0 Å². The van der Waals surface area contributed by atoms with E-state index in [0.29, 0.717) is 5.56 Å². The molecular formula is C11H13N3O5S2. The predicted octanol–water partition coefficient (Wildman–Crippen LogP) is 0.0927. The molecular weight excluding hydrogens is 318 g/mol. The van der Waals surface area contributed by atoms with Gasteiger partial charge in [0, 0.05) is 0 Å². The quantitative estimate of drug-likeness (QED) is 0.796. The van der Waals surface area contributed by atoms with Crippen molar-refractivity contribution in [1.82, 2.24) is 14.9 Å². The average Bonchev–Trinajstić information content (AvgIpc) is 2.86. The van der Waals surface area contributed by atoms with Gasteiger partial charge >= 0.3 is 5.22 Å². The van der Waals surface area contributed by atoms with Gasteiger partial charge < -0.3 is 4.42 Å². The number of rotatable bonds is 6. The molecule has 0 atom stereocenters. The van der Waals surface area contributed by atoms with Crippen LogP contribution in [0.5, 0.6) is 0 Å². The fourth-order valence-electron chi connectivity index (χ4n) is 1.48. The van der Waals surface area contributed by atoms with E-state index in [0.717, 1.165) is 6.26 Å². The van der Waals surface area contributed by atoms with E-state index in [1.807, 2.05) is 0 Å². The Morgan fingerprint density at radius 2 is 1.76 bits per heavy atom. The van der Waals surface area contributed by atoms with E-state index < -0.39 is 25.1 Å². The molecule has 1 heterocycles. The molecule has 0 saturated heterocycles. The highest BCUT2D eigenvalue weighted by molar-refractivity contribution is 7.90. The molecule has 10 heteroatoms. The maximum Gasteiger partial charge on any atom is 0.335 e. The molecule has 0 radical (unpaired) electrons. The van der Waals surface area contributed by atoms with Gasteiger partial charge in [-0.25, -0.2) is 21.6 Å². The van der Waals surface area contributed by atoms with Crippen LogP contribution in [0.25, 0.3) is 0 Å². The van der Waals surface area contributed by atoms with E-state index in [1.165, 1.54) is 0 Å². The maximum absolute atomic E-state index is 12.1. The number of nitrogens with zero attached hydrogens (tertiary/aromatic N) is 2. The minimum absolute atomic E-state index is 0.118. The van der Waals surface area contributed by atoms with Gasteiger partial charge in [0.1, 0.15) is 0 Å². The van der Waals surface area contributed by atoms with Crippen LogP contribution in [0.1, 0.15) is 11.5 Å². The largest absolute Gasteiger partial charge is 0.411 e. The van der Waals surface area contributed by atoms with Gasteiger partial charge in [0.25, 0.3) is 0 Å². The normalized spacial score (nSPS) is 12.4. The molecule has 0 saturated carbocycles. The Balaban J connectivity index is 2.13. The monoisotopic (exact) mass is 331 g/mol. The topological polar surface area (TPSA) is 119 Å². The molecule has 0 fully saturated rings. The number of benzene rings is 1. The molecule has 0 unspecified atom stereocenters. The summed E-state index contributed by atoms with van der Waals surface area (Å²) >= 11 is 0. The summed E-state index contributed by atoms with van der Waals surface area (Å²) in [7, 11) is -7.19. The SMILES string of the molecule is CS(=O)(=O)NCc1nnc(S(=O)(=O)Cc2ccccc2)o1. The van der Waals surface area contributed by atoms with Gasteiger partial charge in [-0.05, 0) is 5.56 Å². The first-order valence-corrected chi connectivity index (χ1v) is 9.34. The number of sulfone groups is 1. The summed E-state index contributed by atoms with van der Waals surface area (Å²) in [4.78, 5) is 0. The molecule has 21 heavy (non-hydrogen) atoms. The van der Waals surface area contributed by atoms with E-state index in [4.69, 9.17) is 4.42 Å². The van der Waals surface area contributed by atoms with E-state index in [2.05, 4.69) is 14.9 Å². The fraction of sp³-hybridized carbons (Fsp3) is 0.273. The average molecular weight is 331 g/mol. The maximum atomic E-state index is 12.1. The van der Waals surface area contributed by atoms with Crippen LogP contribution in [0, 0.1) is 0 Å². The molecule has 114 valence electrons. The molecule has 0 aliphatic heterocycles. The first kappa shape index (κ1) is 15.6. The third-order valence-electron chi connectivity index (χ3n) is 2.40. The van der Waals surface area contributed by atoms with Crippen molar-refractivity contribution < 1.29 is 21.3 Å². The van der Waals surface area contributed by atoms with Crippen molar-refractivity contribution in [2.75, 3.05) is 6.26 Å². The number of nitrogens with one attached hydrogen (secondary N) is 1. The lowest BCUT2D eigenvalue weighted by Gasteiger charge is -1.99. The second-order valence-corrected chi connectivity index (χ2v) is 8.00. The third kappa shape index (κ3) is 4.62. The van der Waals surface area contributed by atoms with Crippen LogP contribution in [0.15, 0.2) is 40.0 Å². The van der Waals surface area contributed by atoms with Crippen LogP contribution in [-0.2, 0) is 32.2 Å². The molecule has 2 aromatic rings. The zero-order valence-corrected chi connectivity index (χ0v) is 12.7. The second-order valence-electron chi connectivity index (χ2n) is 4.30. The second kappa shape index (κ2) is 5.92. The van der Waals surface area contributed by atoms with Crippen LogP contribution in [0.4, 0.5) is 0 Å². The number of hydrogen-bond acceptors (Lipinski definition) is 7. The molecule has 1 aromatic carbocycles. The van der Waals surface area contributed by atoms with Gasteiger partial charge in [-0.1, -0.05) is 35.4 Å². The summed E-state index contributed by atoms with van der Waals surface area (Å²) < 4.78 is 53.1. The van der Waals surface area contributed by atoms with Gasteiger partial charge in [0.05, 0.1) is 18.6 Å². The summed E-state index contributed by atoms with van der Waals surface area (Å²) in [6, 6.07) is 8.55. The summed E-state index contributed by atoms with van der Waals surface area (Å²) in [5.74, 6) is -0.387. The van der Waals surface area contributed by atoms with Crippen molar-refractivity contribution in [2.45, 2.75) is 17.5 Å². The highest BCUT2D eigenvalue weighted by Crippen LogP contribution is 2.15. The van der Waals surface area contributed by atoms with Crippen molar-refractivity contribution in [1.29, 1.82) is 0 Å². The van der Waals surface area contributed by atoms with Crippen molar-refractivity contribution in [3.05, 3.63) is 41.8 Å². The van der Waals surface area contributed by atoms with Crippen LogP contribution < -0.4 is 4.72 Å². The van der Waals surface area contributed by atoms with Gasteiger partial charge in [-0.15, -0.1) is 5.10 Å². The number of aromatic nitrogens is 2. The lowest BCUT2D eigenvalue weighted by atomic mass is 10.2. The molecule has 0 amide bonds. The molecule has 8 nitrogen and oxygen atoms in total. The first-order chi connectivity index (χ1) is 9.76. The predicted molar refractivity (Wildman–Crippen MR) is 73.3 cm³/mol. The minimum atomic E-state index is -3.76. The molecule has 0 spiro atoms. The smallest absolute Gasteiger partial charge is 0.335 e. The summed E-state index contributed by atoms with van der Waals surface area (Å²) in [5, 5.41) is 6.42. The molecule has 0 aliphatic carbocycles. The molecule has 2 rings (SSSR count). The third-order valence-corrected chi connectivity index (χ3v) is 4.48. The van der Waals surface area contributed by atoms with Crippen molar-refractivity contribution in [2.24, 2.45) is 0 Å². The van der Waals surface area contributed by atoms with E-state index in [9.17, 15) is 16.8 Å². The van der Waals surface area contributed by atoms with Gasteiger partial charge in [-0.2, -0.15) is 0 Å². The van der Waals surface area contributed by atoms with Crippen molar-refractivity contribution in [3.63, 3.8) is 0 Å². The summed E-state index contributed by atoms with van der Waals surface area (Å²) in [6.45, 7) is -0.257. The Kier molecular flexibility index (Phi) is 4.40. The molecule has 1 N–H and O–H groups in total. The Hall–Kier alpha value is -1.78. The van der Waals surface area contributed by atoms with Crippen molar-refractivity contribution in [3.8, 4) is 0 Å². The van der Waals surface area contributed by atoms with E-state index in [1.54, 1.807) is 30.3 Å². The zero-order valence-electron chi connectivity index (χ0n) is 11.1. The first-order valence-electron chi connectivity index (χ1n) is 5.80. The Morgan fingerprint density at radius 3 is 2.38 bits per heavy atom. The molecule has 0 bridgehead atoms. The van der Waals surface area contributed by atoms with Crippen LogP contribution in [0.2, 0.25) is 0 Å². The summed E-state index contributed by atoms with van der Waals surface area (Å²) in [6.07, 6.45) is 0.969. The highest BCUT2D eigenvalue weighted by atomic mass is 32.2. The number of sulfonamides is 1. The van der Waals surface area contributed by atoms with Gasteiger partial charge in [0.2, 0.25) is 25.8 Å². The standard InChI is InChI=1S/C11H13N3O5S2/c1-20(15,16)12-7-10-13-14-11(19-10)21(17,18)8-9-5-3-2-4-6-9/h2-6,12H,7-8H2,1H3. The van der Waals surface area contributed by atoms with Crippen LogP contribution >= 0.6 is 0 Å². The zero-order chi connectivity index (χ0) is 15.5. The molecule has 0 aliphatic rings. The fourth-order valence-corrected chi connectivity index (χ4v) is 3.01. The minimum Gasteiger partial charge on any atom is -0.411 e. The Morgan fingerprint density at radius 1 is 1.10 bits per heavy atom. The Labute approximate surface area is 122 Å². The van der Waals surface area contributed by atoms with Crippen LogP contribution in [0.3, 0.4) is 0 Å². The highest BCUT2D eigenvalue weighted by Gasteiger charge is 2.23. The van der Waals surface area contributed by atoms with Crippen LogP contribution in [-0.4, -0.2) is 33.3 Å². The Bertz CT molecular complexity index is 813. The lowest BCUT2D eigenvalue weighted by Crippen LogP contribution is -2.21.